The Labute approximate surface area is 181 Å². The third-order valence-electron chi connectivity index (χ3n) is 5.23. The summed E-state index contributed by atoms with van der Waals surface area (Å²) in [5, 5.41) is 9.44. The minimum absolute atomic E-state index is 0.223. The first-order valence-corrected chi connectivity index (χ1v) is 10.1. The highest BCUT2D eigenvalue weighted by atomic mass is 35.5. The number of rotatable bonds is 4. The van der Waals surface area contributed by atoms with Crippen LogP contribution in [0.5, 0.6) is 0 Å². The van der Waals surface area contributed by atoms with Crippen LogP contribution in [-0.2, 0) is 20.1 Å². The van der Waals surface area contributed by atoms with E-state index in [1.54, 1.807) is 25.4 Å². The van der Waals surface area contributed by atoms with Crippen LogP contribution in [0.15, 0.2) is 64.3 Å². The van der Waals surface area contributed by atoms with E-state index in [2.05, 4.69) is 10.2 Å². The Balaban J connectivity index is 1.74. The Morgan fingerprint density at radius 2 is 1.74 bits per heavy atom. The van der Waals surface area contributed by atoms with E-state index in [1.165, 1.54) is 18.3 Å². The molecule has 5 aromatic rings. The summed E-state index contributed by atoms with van der Waals surface area (Å²) in [6.45, 7) is 2.55. The fraction of sp³-hybridized carbons (Fsp3) is 0.182. The molecule has 3 aromatic heterocycles. The summed E-state index contributed by atoms with van der Waals surface area (Å²) < 4.78 is 5.85. The monoisotopic (exact) mass is 434 g/mol. The standard InChI is InChI=1S/C22H19ClN6O2/c1-14-4-3-5-16(10-14)12-28-22(31)29-18-13-26(2)24-19(18)20(30)27(21(29)25-28)11-15-6-8-17(23)9-7-15/h3-10,13H,11-12H2,1-2H3. The Bertz CT molecular complexity index is 1560. The zero-order valence-electron chi connectivity index (χ0n) is 17.0. The lowest BCUT2D eigenvalue weighted by atomic mass is 10.1. The molecule has 156 valence electrons. The van der Waals surface area contributed by atoms with Gasteiger partial charge in [-0.1, -0.05) is 53.6 Å². The number of hydrogen-bond acceptors (Lipinski definition) is 4. The number of aryl methyl sites for hydroxylation is 2. The molecule has 9 heteroatoms. The Hall–Kier alpha value is -3.65. The highest BCUT2D eigenvalue weighted by molar-refractivity contribution is 6.30. The molecule has 0 fully saturated rings. The van der Waals surface area contributed by atoms with Gasteiger partial charge < -0.3 is 0 Å². The molecule has 5 rings (SSSR count). The molecular weight excluding hydrogens is 416 g/mol. The zero-order valence-corrected chi connectivity index (χ0v) is 17.7. The fourth-order valence-corrected chi connectivity index (χ4v) is 3.92. The Morgan fingerprint density at radius 1 is 0.968 bits per heavy atom. The van der Waals surface area contributed by atoms with Crippen LogP contribution in [0.3, 0.4) is 0 Å². The second kappa shape index (κ2) is 7.24. The van der Waals surface area contributed by atoms with Crippen molar-refractivity contribution in [3.63, 3.8) is 0 Å². The van der Waals surface area contributed by atoms with E-state index in [-0.39, 0.29) is 29.1 Å². The molecule has 2 aromatic carbocycles. The van der Waals surface area contributed by atoms with Crippen molar-refractivity contribution in [2.24, 2.45) is 7.05 Å². The zero-order chi connectivity index (χ0) is 21.7. The minimum Gasteiger partial charge on any atom is -0.273 e. The summed E-state index contributed by atoms with van der Waals surface area (Å²) >= 11 is 5.99. The van der Waals surface area contributed by atoms with Gasteiger partial charge in [-0.3, -0.25) is 14.0 Å². The maximum atomic E-state index is 13.3. The topological polar surface area (TPSA) is 79.1 Å². The average molecular weight is 435 g/mol. The predicted octanol–water partition coefficient (Wildman–Crippen LogP) is 2.60. The van der Waals surface area contributed by atoms with Crippen LogP contribution < -0.4 is 11.2 Å². The van der Waals surface area contributed by atoms with Crippen molar-refractivity contribution in [1.29, 1.82) is 0 Å². The number of benzene rings is 2. The summed E-state index contributed by atoms with van der Waals surface area (Å²) in [5.41, 5.74) is 2.97. The number of halogens is 1. The summed E-state index contributed by atoms with van der Waals surface area (Å²) in [7, 11) is 1.72. The summed E-state index contributed by atoms with van der Waals surface area (Å²) in [4.78, 5) is 26.5. The molecule has 0 amide bonds. The van der Waals surface area contributed by atoms with Gasteiger partial charge in [-0.05, 0) is 30.2 Å². The molecule has 31 heavy (non-hydrogen) atoms. The molecule has 0 unspecified atom stereocenters. The van der Waals surface area contributed by atoms with Crippen LogP contribution in [0, 0.1) is 6.92 Å². The van der Waals surface area contributed by atoms with Gasteiger partial charge >= 0.3 is 5.69 Å². The number of fused-ring (bicyclic) bond motifs is 3. The quantitative estimate of drug-likeness (QED) is 0.435. The highest BCUT2D eigenvalue weighted by Crippen LogP contribution is 2.14. The van der Waals surface area contributed by atoms with Gasteiger partial charge in [0.25, 0.3) is 5.56 Å². The van der Waals surface area contributed by atoms with E-state index in [0.717, 1.165) is 16.7 Å². The lowest BCUT2D eigenvalue weighted by Crippen LogP contribution is -2.26. The molecule has 0 radical (unpaired) electrons. The third-order valence-corrected chi connectivity index (χ3v) is 5.48. The van der Waals surface area contributed by atoms with E-state index in [4.69, 9.17) is 11.6 Å². The molecule has 8 nitrogen and oxygen atoms in total. The van der Waals surface area contributed by atoms with Crippen LogP contribution in [0.4, 0.5) is 0 Å². The summed E-state index contributed by atoms with van der Waals surface area (Å²) in [6, 6.07) is 15.1. The maximum Gasteiger partial charge on any atom is 0.352 e. The molecule has 0 saturated carbocycles. The Kier molecular flexibility index (Phi) is 4.51. The third kappa shape index (κ3) is 3.34. The fourth-order valence-electron chi connectivity index (χ4n) is 3.79. The van der Waals surface area contributed by atoms with Crippen molar-refractivity contribution in [1.82, 2.24) is 28.5 Å². The van der Waals surface area contributed by atoms with Crippen LogP contribution in [0.1, 0.15) is 16.7 Å². The van der Waals surface area contributed by atoms with Crippen LogP contribution >= 0.6 is 11.6 Å². The minimum atomic E-state index is -0.320. The van der Waals surface area contributed by atoms with E-state index >= 15 is 0 Å². The molecule has 3 heterocycles. The molecule has 0 spiro atoms. The van der Waals surface area contributed by atoms with Crippen LogP contribution in [-0.4, -0.2) is 28.5 Å². The first-order chi connectivity index (χ1) is 14.9. The van der Waals surface area contributed by atoms with Gasteiger partial charge in [-0.25, -0.2) is 13.9 Å². The molecule has 0 bridgehead atoms. The normalized spacial score (nSPS) is 11.6. The van der Waals surface area contributed by atoms with Crippen molar-refractivity contribution in [3.05, 3.63) is 97.3 Å². The average Bonchev–Trinajstić information content (AvgIpc) is 3.27. The Morgan fingerprint density at radius 3 is 2.48 bits per heavy atom. The van der Waals surface area contributed by atoms with Gasteiger partial charge in [-0.15, -0.1) is 5.10 Å². The van der Waals surface area contributed by atoms with Crippen molar-refractivity contribution in [3.8, 4) is 0 Å². The molecular formula is C22H19ClN6O2. The summed E-state index contributed by atoms with van der Waals surface area (Å²) in [6.07, 6.45) is 1.66. The first-order valence-electron chi connectivity index (χ1n) is 9.76. The lowest BCUT2D eigenvalue weighted by Gasteiger charge is -2.07. The van der Waals surface area contributed by atoms with Crippen LogP contribution in [0.25, 0.3) is 16.8 Å². The lowest BCUT2D eigenvalue weighted by molar-refractivity contribution is 0.654. The smallest absolute Gasteiger partial charge is 0.273 e. The largest absolute Gasteiger partial charge is 0.352 e. The van der Waals surface area contributed by atoms with Gasteiger partial charge in [0.1, 0.15) is 5.52 Å². The van der Waals surface area contributed by atoms with E-state index in [1.807, 2.05) is 43.3 Å². The number of hydrogen-bond donors (Lipinski definition) is 0. The van der Waals surface area contributed by atoms with E-state index < -0.39 is 0 Å². The second-order valence-electron chi connectivity index (χ2n) is 7.62. The predicted molar refractivity (Wildman–Crippen MR) is 119 cm³/mol. The molecule has 0 saturated heterocycles. The molecule has 0 aliphatic rings. The number of nitrogens with zero attached hydrogens (tertiary/aromatic N) is 6. The number of aromatic nitrogens is 6. The van der Waals surface area contributed by atoms with Crippen molar-refractivity contribution < 1.29 is 0 Å². The van der Waals surface area contributed by atoms with Gasteiger partial charge in [0.2, 0.25) is 5.78 Å². The van der Waals surface area contributed by atoms with Crippen molar-refractivity contribution in [2.75, 3.05) is 0 Å². The van der Waals surface area contributed by atoms with Gasteiger partial charge in [-0.2, -0.15) is 5.10 Å². The van der Waals surface area contributed by atoms with Gasteiger partial charge in [0.05, 0.1) is 13.1 Å². The SMILES string of the molecule is Cc1cccc(Cn2nc3n(Cc4ccc(Cl)cc4)c(=O)c4nn(C)cc4n3c2=O)c1. The highest BCUT2D eigenvalue weighted by Gasteiger charge is 2.20. The second-order valence-corrected chi connectivity index (χ2v) is 8.06. The van der Waals surface area contributed by atoms with E-state index in [0.29, 0.717) is 17.1 Å². The van der Waals surface area contributed by atoms with Crippen molar-refractivity contribution >= 4 is 28.4 Å². The molecule has 0 atom stereocenters. The van der Waals surface area contributed by atoms with Gasteiger partial charge in [0.15, 0.2) is 5.52 Å². The maximum absolute atomic E-state index is 13.3. The van der Waals surface area contributed by atoms with Crippen LogP contribution in [0.2, 0.25) is 5.02 Å². The summed E-state index contributed by atoms with van der Waals surface area (Å²) in [5.74, 6) is 0.276. The molecule has 0 N–H and O–H groups in total. The van der Waals surface area contributed by atoms with Crippen molar-refractivity contribution in [2.45, 2.75) is 20.0 Å². The van der Waals surface area contributed by atoms with E-state index in [9.17, 15) is 9.59 Å². The van der Waals surface area contributed by atoms with Gasteiger partial charge in [0, 0.05) is 18.3 Å². The first kappa shape index (κ1) is 19.3. The molecule has 0 aliphatic carbocycles. The molecule has 0 aliphatic heterocycles.